The minimum absolute atomic E-state index is 0.193. The van der Waals surface area contributed by atoms with Crippen molar-refractivity contribution in [3.8, 4) is 0 Å². The van der Waals surface area contributed by atoms with Gasteiger partial charge in [0.15, 0.2) is 0 Å². The van der Waals surface area contributed by atoms with Crippen molar-refractivity contribution in [1.82, 2.24) is 0 Å². The highest BCUT2D eigenvalue weighted by Gasteiger charge is 2.37. The Morgan fingerprint density at radius 3 is 2.71 bits per heavy atom. The molecule has 0 saturated heterocycles. The molecule has 1 heterocycles. The van der Waals surface area contributed by atoms with Crippen molar-refractivity contribution in [2.45, 2.75) is 52.5 Å². The molecular weight excluding hydrogens is 294 g/mol. The van der Waals surface area contributed by atoms with E-state index in [0.717, 1.165) is 0 Å². The summed E-state index contributed by atoms with van der Waals surface area (Å²) in [6.45, 7) is 6.91. The summed E-state index contributed by atoms with van der Waals surface area (Å²) in [5.74, 6) is 0.616. The van der Waals surface area contributed by atoms with E-state index in [1.165, 1.54) is 39.9 Å². The number of rotatable bonds is 2. The molecule has 17 heavy (non-hydrogen) atoms. The highest BCUT2D eigenvalue weighted by atomic mass is 79.9. The maximum Gasteiger partial charge on any atom is 0.0435 e. The lowest BCUT2D eigenvalue weighted by molar-refractivity contribution is 0.113. The van der Waals surface area contributed by atoms with E-state index in [2.05, 4.69) is 42.8 Å². The van der Waals surface area contributed by atoms with Gasteiger partial charge >= 0.3 is 0 Å². The van der Waals surface area contributed by atoms with E-state index in [1.54, 1.807) is 0 Å². The van der Waals surface area contributed by atoms with Crippen LogP contribution in [0.1, 0.15) is 55.3 Å². The fourth-order valence-electron chi connectivity index (χ4n) is 3.10. The van der Waals surface area contributed by atoms with E-state index >= 15 is 0 Å². The smallest absolute Gasteiger partial charge is 0.0435 e. The zero-order chi connectivity index (χ0) is 12.6. The molecule has 2 atom stereocenters. The molecule has 2 unspecified atom stereocenters. The number of halogens is 1. The zero-order valence-electron chi connectivity index (χ0n) is 10.9. The molecule has 1 nitrogen and oxygen atoms in total. The van der Waals surface area contributed by atoms with Crippen molar-refractivity contribution in [1.29, 1.82) is 0 Å². The fraction of sp³-hybridized carbons (Fsp3) is 0.714. The molecule has 1 fully saturated rings. The summed E-state index contributed by atoms with van der Waals surface area (Å²) in [5.41, 5.74) is 6.92. The molecule has 0 bridgehead atoms. The van der Waals surface area contributed by atoms with Gasteiger partial charge in [0.2, 0.25) is 0 Å². The topological polar surface area (TPSA) is 26.0 Å². The summed E-state index contributed by atoms with van der Waals surface area (Å²) in [7, 11) is 0. The number of nitrogens with two attached hydrogens (primary N) is 1. The standard InChI is InChI=1S/C14H22BrNS/c1-9-8-11(15)13(17-9)12(16)10-6-4-5-7-14(10,2)3/h8,10,12H,4-7,16H2,1-3H3. The summed E-state index contributed by atoms with van der Waals surface area (Å²) in [5, 5.41) is 0. The van der Waals surface area contributed by atoms with Crippen molar-refractivity contribution in [2.75, 3.05) is 0 Å². The Labute approximate surface area is 117 Å². The van der Waals surface area contributed by atoms with Gasteiger partial charge in [0, 0.05) is 20.3 Å². The Bertz CT molecular complexity index is 397. The molecule has 0 amide bonds. The maximum atomic E-state index is 6.54. The molecule has 1 aromatic heterocycles. The second-order valence-corrected chi connectivity index (χ2v) is 8.08. The van der Waals surface area contributed by atoms with Crippen molar-refractivity contribution in [3.63, 3.8) is 0 Å². The van der Waals surface area contributed by atoms with Gasteiger partial charge in [-0.25, -0.2) is 0 Å². The van der Waals surface area contributed by atoms with Crippen LogP contribution in [-0.4, -0.2) is 0 Å². The van der Waals surface area contributed by atoms with Crippen LogP contribution in [-0.2, 0) is 0 Å². The fourth-order valence-corrected chi connectivity index (χ4v) is 5.08. The molecule has 2 rings (SSSR count). The molecule has 96 valence electrons. The Hall–Kier alpha value is 0.140. The van der Waals surface area contributed by atoms with Crippen LogP contribution >= 0.6 is 27.3 Å². The highest BCUT2D eigenvalue weighted by molar-refractivity contribution is 9.10. The number of aryl methyl sites for hydroxylation is 1. The molecule has 3 heteroatoms. The van der Waals surface area contributed by atoms with Crippen LogP contribution in [0.3, 0.4) is 0 Å². The van der Waals surface area contributed by atoms with Gasteiger partial charge in [-0.05, 0) is 53.1 Å². The van der Waals surface area contributed by atoms with Crippen LogP contribution in [0.4, 0.5) is 0 Å². The van der Waals surface area contributed by atoms with Gasteiger partial charge in [0.25, 0.3) is 0 Å². The maximum absolute atomic E-state index is 6.54. The first-order valence-corrected chi connectivity index (χ1v) is 8.04. The lowest BCUT2D eigenvalue weighted by Gasteiger charge is -2.41. The van der Waals surface area contributed by atoms with Gasteiger partial charge in [-0.3, -0.25) is 0 Å². The molecule has 1 aromatic rings. The van der Waals surface area contributed by atoms with Crippen LogP contribution < -0.4 is 5.73 Å². The Kier molecular flexibility index (Phi) is 4.01. The second-order valence-electron chi connectivity index (χ2n) is 5.94. The van der Waals surface area contributed by atoms with Gasteiger partial charge in [-0.1, -0.05) is 26.7 Å². The minimum atomic E-state index is 0.193. The summed E-state index contributed by atoms with van der Waals surface area (Å²) in [6, 6.07) is 2.38. The largest absolute Gasteiger partial charge is 0.323 e. The molecule has 0 aromatic carbocycles. The number of thiophene rings is 1. The third-order valence-electron chi connectivity index (χ3n) is 4.16. The Morgan fingerprint density at radius 1 is 1.47 bits per heavy atom. The molecule has 0 aliphatic heterocycles. The molecule has 0 spiro atoms. The van der Waals surface area contributed by atoms with E-state index < -0.39 is 0 Å². The summed E-state index contributed by atoms with van der Waals surface area (Å²) in [6.07, 6.45) is 5.29. The first-order valence-electron chi connectivity index (χ1n) is 6.43. The van der Waals surface area contributed by atoms with Gasteiger partial charge in [0.1, 0.15) is 0 Å². The van der Waals surface area contributed by atoms with Crippen LogP contribution in [0, 0.1) is 18.3 Å². The van der Waals surface area contributed by atoms with Crippen LogP contribution in [0.2, 0.25) is 0 Å². The molecule has 0 radical (unpaired) electrons. The SMILES string of the molecule is Cc1cc(Br)c(C(N)C2CCCCC2(C)C)s1. The van der Waals surface area contributed by atoms with Crippen LogP contribution in [0.5, 0.6) is 0 Å². The third-order valence-corrected chi connectivity index (χ3v) is 6.23. The minimum Gasteiger partial charge on any atom is -0.323 e. The van der Waals surface area contributed by atoms with Gasteiger partial charge in [-0.15, -0.1) is 11.3 Å². The van der Waals surface area contributed by atoms with E-state index in [-0.39, 0.29) is 6.04 Å². The monoisotopic (exact) mass is 315 g/mol. The lowest BCUT2D eigenvalue weighted by Crippen LogP contribution is -2.36. The first-order chi connectivity index (χ1) is 7.92. The normalized spacial score (nSPS) is 25.8. The number of hydrogen-bond donors (Lipinski definition) is 1. The predicted molar refractivity (Wildman–Crippen MR) is 79.4 cm³/mol. The van der Waals surface area contributed by atoms with Gasteiger partial charge in [0.05, 0.1) is 0 Å². The Morgan fingerprint density at radius 2 is 2.18 bits per heavy atom. The molecule has 2 N–H and O–H groups in total. The third kappa shape index (κ3) is 2.77. The predicted octanol–water partition coefficient (Wildman–Crippen LogP) is 5.04. The van der Waals surface area contributed by atoms with Crippen molar-refractivity contribution < 1.29 is 0 Å². The second kappa shape index (κ2) is 5.02. The molecule has 1 saturated carbocycles. The summed E-state index contributed by atoms with van der Waals surface area (Å²) >= 11 is 5.50. The van der Waals surface area contributed by atoms with Gasteiger partial charge < -0.3 is 5.73 Å². The van der Waals surface area contributed by atoms with Crippen molar-refractivity contribution in [2.24, 2.45) is 17.1 Å². The van der Waals surface area contributed by atoms with Crippen LogP contribution in [0.25, 0.3) is 0 Å². The van der Waals surface area contributed by atoms with Crippen LogP contribution in [0.15, 0.2) is 10.5 Å². The summed E-state index contributed by atoms with van der Waals surface area (Å²) in [4.78, 5) is 2.68. The first kappa shape index (κ1) is 13.6. The van der Waals surface area contributed by atoms with Crippen molar-refractivity contribution >= 4 is 27.3 Å². The highest BCUT2D eigenvalue weighted by Crippen LogP contribution is 2.48. The quantitative estimate of drug-likeness (QED) is 0.813. The lowest BCUT2D eigenvalue weighted by atomic mass is 9.66. The van der Waals surface area contributed by atoms with Gasteiger partial charge in [-0.2, -0.15) is 0 Å². The molecular formula is C14H22BrNS. The Balaban J connectivity index is 2.24. The van der Waals surface area contributed by atoms with Crippen molar-refractivity contribution in [3.05, 3.63) is 20.3 Å². The molecule has 1 aliphatic carbocycles. The molecule has 1 aliphatic rings. The van der Waals surface area contributed by atoms with E-state index in [1.807, 2.05) is 11.3 Å². The van der Waals surface area contributed by atoms with E-state index in [4.69, 9.17) is 5.73 Å². The average molecular weight is 316 g/mol. The summed E-state index contributed by atoms with van der Waals surface area (Å²) < 4.78 is 1.20. The van der Waals surface area contributed by atoms with E-state index in [0.29, 0.717) is 11.3 Å². The number of hydrogen-bond acceptors (Lipinski definition) is 2. The van der Waals surface area contributed by atoms with E-state index in [9.17, 15) is 0 Å². The average Bonchev–Trinajstić information content (AvgIpc) is 2.56. The zero-order valence-corrected chi connectivity index (χ0v) is 13.3.